The summed E-state index contributed by atoms with van der Waals surface area (Å²) in [5.41, 5.74) is -2.86. The van der Waals surface area contributed by atoms with Gasteiger partial charge in [0, 0.05) is 0 Å². The highest BCUT2D eigenvalue weighted by atomic mass is 35.5. The molecule has 0 aliphatic rings. The van der Waals surface area contributed by atoms with E-state index in [4.69, 9.17) is 25.8 Å². The highest BCUT2D eigenvalue weighted by Gasteiger charge is 2.36. The van der Waals surface area contributed by atoms with Crippen LogP contribution in [0.25, 0.3) is 0 Å². The van der Waals surface area contributed by atoms with Crippen LogP contribution < -0.4 is 15.0 Å². The molecular formula is C24H29ClF2N4O6. The summed E-state index contributed by atoms with van der Waals surface area (Å²) >= 11 is 6.50. The number of aromatic nitrogens is 2. The molecule has 3 amide bonds. The first-order chi connectivity index (χ1) is 17.0. The number of carbonyl (C=O) groups is 3. The molecule has 0 unspecified atom stereocenters. The molecule has 202 valence electrons. The van der Waals surface area contributed by atoms with Gasteiger partial charge in [0.15, 0.2) is 11.6 Å². The van der Waals surface area contributed by atoms with E-state index in [0.717, 1.165) is 12.3 Å². The number of halogens is 3. The van der Waals surface area contributed by atoms with Gasteiger partial charge >= 0.3 is 12.2 Å². The number of carbonyl (C=O) groups excluding carboxylic acids is 3. The Hall–Kier alpha value is -3.54. The smallest absolute Gasteiger partial charge is 0.425 e. The monoisotopic (exact) mass is 542 g/mol. The molecule has 0 aliphatic carbocycles. The van der Waals surface area contributed by atoms with Crippen molar-refractivity contribution >= 4 is 41.2 Å². The SMILES string of the molecule is CCOc1c(NC(=O)c2cccc(C(F)F)n2)cnc(N(C(=O)OC(C)(C)C)C(=O)OC(C)(C)C)c1Cl. The molecule has 0 radical (unpaired) electrons. The average Bonchev–Trinajstić information content (AvgIpc) is 2.75. The van der Waals surface area contributed by atoms with Crippen LogP contribution in [0.1, 0.15) is 71.1 Å². The van der Waals surface area contributed by atoms with Gasteiger partial charge in [-0.3, -0.25) is 4.79 Å². The number of rotatable bonds is 6. The van der Waals surface area contributed by atoms with E-state index in [9.17, 15) is 23.2 Å². The first-order valence-corrected chi connectivity index (χ1v) is 11.6. The van der Waals surface area contributed by atoms with E-state index < -0.39 is 41.4 Å². The van der Waals surface area contributed by atoms with E-state index in [0.29, 0.717) is 4.90 Å². The number of hydrogen-bond donors (Lipinski definition) is 1. The van der Waals surface area contributed by atoms with E-state index in [1.165, 1.54) is 12.1 Å². The molecule has 0 spiro atoms. The molecule has 0 aliphatic heterocycles. The minimum Gasteiger partial charge on any atom is -0.490 e. The van der Waals surface area contributed by atoms with Crippen molar-refractivity contribution in [3.05, 3.63) is 40.8 Å². The normalized spacial score (nSPS) is 11.6. The van der Waals surface area contributed by atoms with Crippen LogP contribution in [0.15, 0.2) is 24.4 Å². The summed E-state index contributed by atoms with van der Waals surface area (Å²) in [5.74, 6) is -1.35. The number of pyridine rings is 2. The fraction of sp³-hybridized carbons (Fsp3) is 0.458. The Morgan fingerprint density at radius 2 is 1.62 bits per heavy atom. The number of imide groups is 1. The lowest BCUT2D eigenvalue weighted by Gasteiger charge is -2.28. The molecule has 10 nitrogen and oxygen atoms in total. The zero-order valence-corrected chi connectivity index (χ0v) is 22.3. The van der Waals surface area contributed by atoms with Crippen LogP contribution in [-0.2, 0) is 9.47 Å². The van der Waals surface area contributed by atoms with Gasteiger partial charge in [-0.05, 0) is 60.6 Å². The second-order valence-corrected chi connectivity index (χ2v) is 9.95. The average molecular weight is 543 g/mol. The topological polar surface area (TPSA) is 120 Å². The molecule has 0 saturated heterocycles. The highest BCUT2D eigenvalue weighted by Crippen LogP contribution is 2.40. The Kier molecular flexibility index (Phi) is 9.37. The molecule has 0 fully saturated rings. The molecule has 0 bridgehead atoms. The summed E-state index contributed by atoms with van der Waals surface area (Å²) in [4.78, 5) is 46.9. The molecule has 2 aromatic rings. The van der Waals surface area contributed by atoms with Gasteiger partial charge in [-0.15, -0.1) is 0 Å². The van der Waals surface area contributed by atoms with Gasteiger partial charge in [0.25, 0.3) is 12.3 Å². The zero-order chi connectivity index (χ0) is 28.1. The molecule has 37 heavy (non-hydrogen) atoms. The van der Waals surface area contributed by atoms with Crippen LogP contribution in [0, 0.1) is 0 Å². The number of hydrogen-bond acceptors (Lipinski definition) is 8. The van der Waals surface area contributed by atoms with Crippen molar-refractivity contribution in [1.29, 1.82) is 0 Å². The zero-order valence-electron chi connectivity index (χ0n) is 21.5. The Labute approximate surface area is 218 Å². The fourth-order valence-electron chi connectivity index (χ4n) is 2.74. The van der Waals surface area contributed by atoms with Crippen LogP contribution in [0.5, 0.6) is 5.75 Å². The van der Waals surface area contributed by atoms with Crippen molar-refractivity contribution in [2.24, 2.45) is 0 Å². The molecule has 1 N–H and O–H groups in total. The lowest BCUT2D eigenvalue weighted by Crippen LogP contribution is -2.44. The van der Waals surface area contributed by atoms with Gasteiger partial charge in [-0.2, -0.15) is 4.90 Å². The van der Waals surface area contributed by atoms with Crippen molar-refractivity contribution in [1.82, 2.24) is 9.97 Å². The van der Waals surface area contributed by atoms with Crippen LogP contribution in [-0.4, -0.2) is 45.9 Å². The summed E-state index contributed by atoms with van der Waals surface area (Å²) in [6, 6.07) is 3.60. The lowest BCUT2D eigenvalue weighted by molar-refractivity contribution is 0.0428. The number of nitrogens with zero attached hydrogens (tertiary/aromatic N) is 3. The fourth-order valence-corrected chi connectivity index (χ4v) is 3.03. The summed E-state index contributed by atoms with van der Waals surface area (Å²) in [6.45, 7) is 11.3. The third-order valence-corrected chi connectivity index (χ3v) is 4.42. The van der Waals surface area contributed by atoms with Crippen LogP contribution >= 0.6 is 11.6 Å². The highest BCUT2D eigenvalue weighted by molar-refractivity contribution is 6.36. The maximum atomic E-state index is 13.0. The van der Waals surface area contributed by atoms with Gasteiger partial charge in [-0.25, -0.2) is 28.3 Å². The second-order valence-electron chi connectivity index (χ2n) is 9.57. The number of amides is 3. The van der Waals surface area contributed by atoms with Gasteiger partial charge in [-0.1, -0.05) is 17.7 Å². The number of anilines is 2. The predicted octanol–water partition coefficient (Wildman–Crippen LogP) is 6.40. The van der Waals surface area contributed by atoms with Gasteiger partial charge < -0.3 is 19.5 Å². The third-order valence-electron chi connectivity index (χ3n) is 4.08. The summed E-state index contributed by atoms with van der Waals surface area (Å²) in [7, 11) is 0. The molecule has 0 saturated carbocycles. The number of alkyl halides is 2. The largest absolute Gasteiger partial charge is 0.490 e. The van der Waals surface area contributed by atoms with E-state index >= 15 is 0 Å². The first kappa shape index (κ1) is 29.7. The molecule has 0 atom stereocenters. The number of ether oxygens (including phenoxy) is 3. The quantitative estimate of drug-likeness (QED) is 0.445. The number of nitrogens with one attached hydrogen (secondary N) is 1. The van der Waals surface area contributed by atoms with Crippen molar-refractivity contribution in [2.45, 2.75) is 66.1 Å². The molecule has 13 heteroatoms. The maximum absolute atomic E-state index is 13.0. The van der Waals surface area contributed by atoms with Crippen LogP contribution in [0.3, 0.4) is 0 Å². The molecule has 2 rings (SSSR count). The van der Waals surface area contributed by atoms with Gasteiger partial charge in [0.2, 0.25) is 0 Å². The minimum atomic E-state index is -2.87. The molecule has 0 aromatic carbocycles. The molecule has 2 heterocycles. The lowest BCUT2D eigenvalue weighted by atomic mass is 10.2. The maximum Gasteiger partial charge on any atom is 0.425 e. The van der Waals surface area contributed by atoms with Crippen molar-refractivity contribution in [3.63, 3.8) is 0 Å². The molecule has 2 aromatic heterocycles. The summed E-state index contributed by atoms with van der Waals surface area (Å²) < 4.78 is 42.2. The van der Waals surface area contributed by atoms with E-state index in [1.54, 1.807) is 48.5 Å². The van der Waals surface area contributed by atoms with E-state index in [1.807, 2.05) is 0 Å². The Morgan fingerprint density at radius 1 is 1.05 bits per heavy atom. The van der Waals surface area contributed by atoms with Crippen molar-refractivity contribution in [3.8, 4) is 5.75 Å². The second kappa shape index (κ2) is 11.7. The summed E-state index contributed by atoms with van der Waals surface area (Å²) in [6.07, 6.45) is -4.00. The van der Waals surface area contributed by atoms with Crippen LogP contribution in [0.2, 0.25) is 5.02 Å². The molecular weight excluding hydrogens is 514 g/mol. The van der Waals surface area contributed by atoms with Gasteiger partial charge in [0.05, 0.1) is 12.8 Å². The Bertz CT molecular complexity index is 1140. The van der Waals surface area contributed by atoms with Crippen LogP contribution in [0.4, 0.5) is 29.9 Å². The Balaban J connectivity index is 2.53. The van der Waals surface area contributed by atoms with E-state index in [2.05, 4.69) is 15.3 Å². The first-order valence-electron chi connectivity index (χ1n) is 11.2. The minimum absolute atomic E-state index is 0.0572. The van der Waals surface area contributed by atoms with E-state index in [-0.39, 0.29) is 34.6 Å². The third kappa shape index (κ3) is 8.24. The van der Waals surface area contributed by atoms with Gasteiger partial charge in [0.1, 0.15) is 33.3 Å². The van der Waals surface area contributed by atoms with Crippen molar-refractivity contribution < 1.29 is 37.4 Å². The van der Waals surface area contributed by atoms with Crippen molar-refractivity contribution in [2.75, 3.05) is 16.8 Å². The summed E-state index contributed by atoms with van der Waals surface area (Å²) in [5, 5.41) is 2.14. The predicted molar refractivity (Wildman–Crippen MR) is 133 cm³/mol. The standard InChI is InChI=1S/C24H29ClF2N4O6/c1-8-35-17-15(30-20(32)14-11-9-10-13(29-14)18(26)27)12-28-19(16(17)25)31(21(33)36-23(2,3)4)22(34)37-24(5,6)7/h9-12,18H,8H2,1-7H3,(H,30,32). The Morgan fingerprint density at radius 3 is 2.11 bits per heavy atom.